The van der Waals surface area contributed by atoms with Crippen molar-refractivity contribution in [2.75, 3.05) is 26.7 Å². The third-order valence-corrected chi connectivity index (χ3v) is 3.66. The van der Waals surface area contributed by atoms with Crippen molar-refractivity contribution in [1.82, 2.24) is 4.90 Å². The van der Waals surface area contributed by atoms with E-state index >= 15 is 0 Å². The molecule has 1 spiro atoms. The van der Waals surface area contributed by atoms with E-state index in [0.29, 0.717) is 5.41 Å². The minimum atomic E-state index is -2.32. The number of ether oxygens (including phenoxy) is 1. The van der Waals surface area contributed by atoms with Gasteiger partial charge in [-0.3, -0.25) is 0 Å². The van der Waals surface area contributed by atoms with Gasteiger partial charge in [0.1, 0.15) is 6.61 Å². The molecular formula is C11H19F2NO. The Morgan fingerprint density at radius 3 is 2.40 bits per heavy atom. The van der Waals surface area contributed by atoms with E-state index in [1.165, 1.54) is 13.1 Å². The lowest BCUT2D eigenvalue weighted by atomic mass is 9.68. The van der Waals surface area contributed by atoms with E-state index < -0.39 is 13.0 Å². The molecule has 0 bridgehead atoms. The molecule has 4 heteroatoms. The Morgan fingerprint density at radius 2 is 1.93 bits per heavy atom. The summed E-state index contributed by atoms with van der Waals surface area (Å²) in [5.41, 5.74) is 0.499. The van der Waals surface area contributed by atoms with Crippen molar-refractivity contribution >= 4 is 0 Å². The van der Waals surface area contributed by atoms with Gasteiger partial charge >= 0.3 is 0 Å². The average Bonchev–Trinajstić information content (AvgIpc) is 2.15. The van der Waals surface area contributed by atoms with Gasteiger partial charge in [0.2, 0.25) is 0 Å². The van der Waals surface area contributed by atoms with Gasteiger partial charge in [-0.2, -0.15) is 0 Å². The molecule has 1 saturated carbocycles. The summed E-state index contributed by atoms with van der Waals surface area (Å²) in [5.74, 6) is 0. The Hall–Kier alpha value is -0.220. The normalized spacial score (nSPS) is 27.2. The van der Waals surface area contributed by atoms with E-state index in [1.807, 2.05) is 0 Å². The zero-order chi connectivity index (χ0) is 10.9. The van der Waals surface area contributed by atoms with Crippen LogP contribution in [0.15, 0.2) is 0 Å². The van der Waals surface area contributed by atoms with Crippen LogP contribution in [0.5, 0.6) is 0 Å². The van der Waals surface area contributed by atoms with Crippen molar-refractivity contribution in [3.63, 3.8) is 0 Å². The molecule has 0 unspecified atom stereocenters. The summed E-state index contributed by atoms with van der Waals surface area (Å²) in [6, 6.07) is 0. The van der Waals surface area contributed by atoms with Gasteiger partial charge in [0.25, 0.3) is 6.43 Å². The topological polar surface area (TPSA) is 12.5 Å². The van der Waals surface area contributed by atoms with Crippen LogP contribution < -0.4 is 0 Å². The average molecular weight is 219 g/mol. The fourth-order valence-electron chi connectivity index (χ4n) is 2.99. The highest BCUT2D eigenvalue weighted by molar-refractivity contribution is 4.96. The number of alkyl halides is 2. The highest BCUT2D eigenvalue weighted by atomic mass is 19.3. The molecule has 0 atom stereocenters. The maximum Gasteiger partial charge on any atom is 0.261 e. The van der Waals surface area contributed by atoms with Crippen molar-refractivity contribution in [3.05, 3.63) is 0 Å². The molecule has 0 radical (unpaired) electrons. The van der Waals surface area contributed by atoms with E-state index in [4.69, 9.17) is 4.74 Å². The summed E-state index contributed by atoms with van der Waals surface area (Å²) in [5, 5.41) is 0. The molecule has 1 saturated heterocycles. The third-order valence-electron chi connectivity index (χ3n) is 3.66. The first-order valence-electron chi connectivity index (χ1n) is 5.68. The molecule has 0 aromatic rings. The number of hydrogen-bond donors (Lipinski definition) is 0. The predicted molar refractivity (Wildman–Crippen MR) is 54.1 cm³/mol. The van der Waals surface area contributed by atoms with Crippen LogP contribution in [-0.2, 0) is 4.74 Å². The molecular weight excluding hydrogens is 200 g/mol. The number of nitrogens with zero attached hydrogens (tertiary/aromatic N) is 1. The van der Waals surface area contributed by atoms with Gasteiger partial charge in [-0.15, -0.1) is 0 Å². The second kappa shape index (κ2) is 4.34. The molecule has 1 heterocycles. The molecule has 1 aliphatic carbocycles. The van der Waals surface area contributed by atoms with E-state index in [9.17, 15) is 8.78 Å². The van der Waals surface area contributed by atoms with E-state index in [0.717, 1.165) is 25.7 Å². The number of halogens is 2. The van der Waals surface area contributed by atoms with Crippen LogP contribution in [0.2, 0.25) is 0 Å². The maximum absolute atomic E-state index is 11.9. The van der Waals surface area contributed by atoms with Gasteiger partial charge in [-0.1, -0.05) is 0 Å². The number of hydrogen-bond acceptors (Lipinski definition) is 2. The largest absolute Gasteiger partial charge is 0.372 e. The first-order chi connectivity index (χ1) is 7.10. The van der Waals surface area contributed by atoms with Gasteiger partial charge in [0, 0.05) is 13.1 Å². The van der Waals surface area contributed by atoms with Crippen molar-refractivity contribution in [1.29, 1.82) is 0 Å². The lowest BCUT2D eigenvalue weighted by Gasteiger charge is -2.52. The predicted octanol–water partition coefficient (Wildman–Crippen LogP) is 2.14. The van der Waals surface area contributed by atoms with Crippen molar-refractivity contribution in [2.45, 2.75) is 38.2 Å². The van der Waals surface area contributed by atoms with Crippen LogP contribution in [0.4, 0.5) is 8.78 Å². The van der Waals surface area contributed by atoms with E-state index in [1.54, 1.807) is 0 Å². The van der Waals surface area contributed by atoms with Crippen molar-refractivity contribution < 1.29 is 13.5 Å². The Kier molecular flexibility index (Phi) is 3.26. The molecule has 2 fully saturated rings. The summed E-state index contributed by atoms with van der Waals surface area (Å²) in [6.07, 6.45) is 1.96. The molecule has 2 nitrogen and oxygen atoms in total. The van der Waals surface area contributed by atoms with E-state index in [2.05, 4.69) is 11.9 Å². The fourth-order valence-corrected chi connectivity index (χ4v) is 2.99. The quantitative estimate of drug-likeness (QED) is 0.721. The van der Waals surface area contributed by atoms with Gasteiger partial charge in [0.05, 0.1) is 6.10 Å². The Balaban J connectivity index is 1.68. The fraction of sp³-hybridized carbons (Fsp3) is 1.00. The first-order valence-corrected chi connectivity index (χ1v) is 5.68. The van der Waals surface area contributed by atoms with Crippen LogP contribution in [0.1, 0.15) is 25.7 Å². The molecule has 88 valence electrons. The SMILES string of the molecule is CN1CC2(CCC(OCC(F)F)CC2)C1. The molecule has 0 amide bonds. The highest BCUT2D eigenvalue weighted by Crippen LogP contribution is 2.43. The summed E-state index contributed by atoms with van der Waals surface area (Å²) in [7, 11) is 2.13. The lowest BCUT2D eigenvalue weighted by molar-refractivity contribution is -0.0816. The van der Waals surface area contributed by atoms with Crippen LogP contribution in [0, 0.1) is 5.41 Å². The molecule has 0 aromatic heterocycles. The zero-order valence-corrected chi connectivity index (χ0v) is 9.22. The molecule has 2 aliphatic rings. The Labute approximate surface area is 89.6 Å². The lowest BCUT2D eigenvalue weighted by Crippen LogP contribution is -2.56. The number of rotatable bonds is 3. The highest BCUT2D eigenvalue weighted by Gasteiger charge is 2.43. The van der Waals surface area contributed by atoms with Crippen LogP contribution in [-0.4, -0.2) is 44.2 Å². The van der Waals surface area contributed by atoms with Crippen LogP contribution >= 0.6 is 0 Å². The molecule has 2 rings (SSSR count). The minimum Gasteiger partial charge on any atom is -0.372 e. The first kappa shape index (κ1) is 11.3. The Bertz CT molecular complexity index is 207. The standard InChI is InChI=1S/C11H19F2NO/c1-14-7-11(8-14)4-2-9(3-5-11)15-6-10(12)13/h9-10H,2-8H2,1H3. The molecule has 0 N–H and O–H groups in total. The van der Waals surface area contributed by atoms with Gasteiger partial charge in [-0.05, 0) is 38.1 Å². The summed E-state index contributed by atoms with van der Waals surface area (Å²) in [4.78, 5) is 2.32. The van der Waals surface area contributed by atoms with Gasteiger partial charge in [-0.25, -0.2) is 8.78 Å². The monoisotopic (exact) mass is 219 g/mol. The van der Waals surface area contributed by atoms with Crippen LogP contribution in [0.25, 0.3) is 0 Å². The van der Waals surface area contributed by atoms with E-state index in [-0.39, 0.29) is 6.10 Å². The summed E-state index contributed by atoms with van der Waals surface area (Å²) in [6.45, 7) is 1.96. The van der Waals surface area contributed by atoms with Gasteiger partial charge in [0.15, 0.2) is 0 Å². The second-order valence-corrected chi connectivity index (χ2v) is 5.10. The van der Waals surface area contributed by atoms with Crippen molar-refractivity contribution in [2.24, 2.45) is 5.41 Å². The van der Waals surface area contributed by atoms with Crippen molar-refractivity contribution in [3.8, 4) is 0 Å². The molecule has 1 aliphatic heterocycles. The second-order valence-electron chi connectivity index (χ2n) is 5.10. The van der Waals surface area contributed by atoms with Crippen LogP contribution in [0.3, 0.4) is 0 Å². The Morgan fingerprint density at radius 1 is 1.33 bits per heavy atom. The minimum absolute atomic E-state index is 0.0792. The zero-order valence-electron chi connectivity index (χ0n) is 9.22. The van der Waals surface area contributed by atoms with Gasteiger partial charge < -0.3 is 9.64 Å². The summed E-state index contributed by atoms with van der Waals surface area (Å²) >= 11 is 0. The summed E-state index contributed by atoms with van der Waals surface area (Å²) < 4.78 is 29.0. The third kappa shape index (κ3) is 2.67. The maximum atomic E-state index is 11.9. The number of likely N-dealkylation sites (tertiary alicyclic amines) is 1. The smallest absolute Gasteiger partial charge is 0.261 e. The molecule has 15 heavy (non-hydrogen) atoms. The molecule has 0 aromatic carbocycles.